The number of hydrogen-bond acceptors (Lipinski definition) is 2. The second-order valence-electron chi connectivity index (χ2n) is 8.78. The van der Waals surface area contributed by atoms with Gasteiger partial charge in [-0.3, -0.25) is 0 Å². The van der Waals surface area contributed by atoms with E-state index in [1.165, 1.54) is 11.6 Å². The molecule has 170 valence electrons. The number of nitrogens with zero attached hydrogens (tertiary/aromatic N) is 4. The van der Waals surface area contributed by atoms with E-state index in [2.05, 4.69) is 35.5 Å². The highest BCUT2D eigenvalue weighted by atomic mass is 35.5. The van der Waals surface area contributed by atoms with Crippen molar-refractivity contribution in [2.24, 2.45) is 0 Å². The molecule has 0 saturated carbocycles. The van der Waals surface area contributed by atoms with Crippen molar-refractivity contribution in [1.82, 2.24) is 19.3 Å². The maximum Gasteiger partial charge on any atom is 0.148 e. The van der Waals surface area contributed by atoms with Crippen molar-refractivity contribution in [3.8, 4) is 28.3 Å². The maximum atomic E-state index is 14.8. The molecule has 0 amide bonds. The highest BCUT2D eigenvalue weighted by molar-refractivity contribution is 6.30. The molecular weight excluding hydrogens is 447 g/mol. The first-order valence-electron chi connectivity index (χ1n) is 11.1. The number of benzene rings is 3. The van der Waals surface area contributed by atoms with Gasteiger partial charge in [-0.15, -0.1) is 0 Å². The minimum Gasteiger partial charge on any atom is -0.327 e. The fraction of sp³-hybridized carbons (Fsp3) is 0.143. The zero-order valence-electron chi connectivity index (χ0n) is 19.2. The molecule has 5 rings (SSSR count). The van der Waals surface area contributed by atoms with Gasteiger partial charge in [0.15, 0.2) is 0 Å². The summed E-state index contributed by atoms with van der Waals surface area (Å²) < 4.78 is 18.6. The van der Waals surface area contributed by atoms with Crippen LogP contribution in [0, 0.1) is 12.7 Å². The Morgan fingerprint density at radius 2 is 1.56 bits per heavy atom. The van der Waals surface area contributed by atoms with Crippen LogP contribution in [0.5, 0.6) is 0 Å². The van der Waals surface area contributed by atoms with Crippen LogP contribution >= 0.6 is 11.6 Å². The molecule has 0 unspecified atom stereocenters. The highest BCUT2D eigenvalue weighted by Crippen LogP contribution is 2.35. The van der Waals surface area contributed by atoms with Crippen LogP contribution in [0.2, 0.25) is 5.02 Å². The quantitative estimate of drug-likeness (QED) is 0.270. The first-order chi connectivity index (χ1) is 16.4. The van der Waals surface area contributed by atoms with Crippen molar-refractivity contribution in [2.45, 2.75) is 26.3 Å². The molecule has 5 aromatic rings. The Kier molecular flexibility index (Phi) is 5.58. The van der Waals surface area contributed by atoms with Crippen LogP contribution in [-0.2, 0) is 5.54 Å². The number of rotatable bonds is 5. The fourth-order valence-electron chi connectivity index (χ4n) is 4.23. The SMILES string of the molecule is Cc1c(-c2cn(C(C)(C)c3ccccc3)cn2)nn(-c2ccccc2F)c1-c1ccc(Cl)cc1. The number of para-hydroxylation sites is 1. The van der Waals surface area contributed by atoms with Gasteiger partial charge in [0, 0.05) is 22.3 Å². The van der Waals surface area contributed by atoms with Gasteiger partial charge in [0.1, 0.15) is 22.9 Å². The third-order valence-electron chi connectivity index (χ3n) is 6.27. The summed E-state index contributed by atoms with van der Waals surface area (Å²) in [5.41, 5.74) is 5.30. The molecule has 0 bridgehead atoms. The normalized spacial score (nSPS) is 11.7. The largest absolute Gasteiger partial charge is 0.327 e. The second-order valence-corrected chi connectivity index (χ2v) is 9.22. The summed E-state index contributed by atoms with van der Waals surface area (Å²) in [6, 6.07) is 24.4. The predicted octanol–water partition coefficient (Wildman–Crippen LogP) is 7.29. The van der Waals surface area contributed by atoms with E-state index in [0.29, 0.717) is 16.4 Å². The lowest BCUT2D eigenvalue weighted by atomic mass is 9.94. The average molecular weight is 471 g/mol. The van der Waals surface area contributed by atoms with E-state index in [-0.39, 0.29) is 11.4 Å². The van der Waals surface area contributed by atoms with Crippen LogP contribution in [-0.4, -0.2) is 19.3 Å². The third-order valence-corrected chi connectivity index (χ3v) is 6.52. The second kappa shape index (κ2) is 8.58. The molecule has 0 N–H and O–H groups in total. The van der Waals surface area contributed by atoms with Crippen LogP contribution in [0.25, 0.3) is 28.3 Å². The molecule has 0 aliphatic rings. The molecule has 0 saturated heterocycles. The smallest absolute Gasteiger partial charge is 0.148 e. The summed E-state index contributed by atoms with van der Waals surface area (Å²) in [6.45, 7) is 6.29. The Hall–Kier alpha value is -3.70. The lowest BCUT2D eigenvalue weighted by Gasteiger charge is -2.27. The number of aromatic nitrogens is 4. The van der Waals surface area contributed by atoms with E-state index in [4.69, 9.17) is 16.7 Å². The number of imidazole rings is 1. The van der Waals surface area contributed by atoms with Gasteiger partial charge in [-0.1, -0.05) is 66.2 Å². The van der Waals surface area contributed by atoms with Gasteiger partial charge in [-0.05, 0) is 50.6 Å². The Morgan fingerprint density at radius 3 is 2.26 bits per heavy atom. The molecule has 3 aromatic carbocycles. The summed E-state index contributed by atoms with van der Waals surface area (Å²) in [7, 11) is 0. The first-order valence-corrected chi connectivity index (χ1v) is 11.4. The molecule has 0 fully saturated rings. The van der Waals surface area contributed by atoms with E-state index in [0.717, 1.165) is 22.5 Å². The molecule has 2 aromatic heterocycles. The van der Waals surface area contributed by atoms with Gasteiger partial charge in [0.25, 0.3) is 0 Å². The fourth-order valence-corrected chi connectivity index (χ4v) is 4.36. The first kappa shape index (κ1) is 22.1. The zero-order valence-corrected chi connectivity index (χ0v) is 20.0. The summed E-state index contributed by atoms with van der Waals surface area (Å²) in [5.74, 6) is -0.345. The topological polar surface area (TPSA) is 35.6 Å². The summed E-state index contributed by atoms with van der Waals surface area (Å²) >= 11 is 6.12. The maximum absolute atomic E-state index is 14.8. The van der Waals surface area contributed by atoms with Gasteiger partial charge in [0.05, 0.1) is 17.6 Å². The minimum absolute atomic E-state index is 0.298. The lowest BCUT2D eigenvalue weighted by molar-refractivity contribution is 0.435. The lowest BCUT2D eigenvalue weighted by Crippen LogP contribution is -2.26. The van der Waals surface area contributed by atoms with Gasteiger partial charge < -0.3 is 4.57 Å². The van der Waals surface area contributed by atoms with E-state index < -0.39 is 0 Å². The molecule has 6 heteroatoms. The Morgan fingerprint density at radius 1 is 0.882 bits per heavy atom. The third kappa shape index (κ3) is 3.82. The van der Waals surface area contributed by atoms with E-state index >= 15 is 0 Å². The van der Waals surface area contributed by atoms with Crippen LogP contribution in [0.15, 0.2) is 91.4 Å². The van der Waals surface area contributed by atoms with Crippen LogP contribution in [0.3, 0.4) is 0 Å². The van der Waals surface area contributed by atoms with Gasteiger partial charge in [-0.2, -0.15) is 5.10 Å². The van der Waals surface area contributed by atoms with E-state index in [1.54, 1.807) is 22.9 Å². The van der Waals surface area contributed by atoms with Crippen molar-refractivity contribution in [3.63, 3.8) is 0 Å². The van der Waals surface area contributed by atoms with Crippen LogP contribution in [0.4, 0.5) is 4.39 Å². The number of hydrogen-bond donors (Lipinski definition) is 0. The predicted molar refractivity (Wildman–Crippen MR) is 135 cm³/mol. The van der Waals surface area contributed by atoms with Crippen molar-refractivity contribution in [1.29, 1.82) is 0 Å². The molecular formula is C28H24ClFN4. The summed E-state index contributed by atoms with van der Waals surface area (Å²) in [4.78, 5) is 4.69. The molecule has 0 aliphatic heterocycles. The monoisotopic (exact) mass is 470 g/mol. The summed E-state index contributed by atoms with van der Waals surface area (Å²) in [5, 5.41) is 5.49. The molecule has 0 radical (unpaired) electrons. The summed E-state index contributed by atoms with van der Waals surface area (Å²) in [6.07, 6.45) is 3.82. The molecule has 2 heterocycles. The Labute approximate surface area is 203 Å². The van der Waals surface area contributed by atoms with Crippen molar-refractivity contribution >= 4 is 11.6 Å². The standard InChI is InChI=1S/C28H24ClFN4/c1-19-26(24-17-33(18-31-24)28(2,3)21-9-5-4-6-10-21)32-34(25-12-8-7-11-23(25)30)27(19)20-13-15-22(29)16-14-20/h4-18H,1-3H3. The average Bonchev–Trinajstić information content (AvgIpc) is 3.46. The van der Waals surface area contributed by atoms with E-state index in [1.807, 2.05) is 61.9 Å². The van der Waals surface area contributed by atoms with E-state index in [9.17, 15) is 4.39 Å². The molecule has 0 aliphatic carbocycles. The Bertz CT molecular complexity index is 1450. The minimum atomic E-state index is -0.345. The Balaban J connectivity index is 1.66. The van der Waals surface area contributed by atoms with Crippen molar-refractivity contribution in [3.05, 3.63) is 113 Å². The van der Waals surface area contributed by atoms with Gasteiger partial charge in [-0.25, -0.2) is 14.1 Å². The van der Waals surface area contributed by atoms with Crippen LogP contribution < -0.4 is 0 Å². The zero-order chi connectivity index (χ0) is 23.9. The van der Waals surface area contributed by atoms with Crippen molar-refractivity contribution < 1.29 is 4.39 Å². The molecule has 0 atom stereocenters. The number of halogens is 2. The van der Waals surface area contributed by atoms with Crippen LogP contribution in [0.1, 0.15) is 25.0 Å². The molecule has 0 spiro atoms. The molecule has 34 heavy (non-hydrogen) atoms. The molecule has 4 nitrogen and oxygen atoms in total. The van der Waals surface area contributed by atoms with Gasteiger partial charge in [0.2, 0.25) is 0 Å². The van der Waals surface area contributed by atoms with Crippen molar-refractivity contribution in [2.75, 3.05) is 0 Å². The highest BCUT2D eigenvalue weighted by Gasteiger charge is 2.25. The van der Waals surface area contributed by atoms with Gasteiger partial charge >= 0.3 is 0 Å².